The molecule has 0 aromatic rings. The summed E-state index contributed by atoms with van der Waals surface area (Å²) in [6.45, 7) is 0. The van der Waals surface area contributed by atoms with Crippen LogP contribution in [0.4, 0.5) is 0 Å². The van der Waals surface area contributed by atoms with E-state index in [2.05, 4.69) is 0 Å². The Hall–Kier alpha value is 4.26. The van der Waals surface area contributed by atoms with Gasteiger partial charge in [0.25, 0.3) is 0 Å². The summed E-state index contributed by atoms with van der Waals surface area (Å²) in [5.41, 5.74) is 0. The summed E-state index contributed by atoms with van der Waals surface area (Å²) in [4.78, 5) is 0. The Morgan fingerprint density at radius 1 is 0.391 bits per heavy atom. The van der Waals surface area contributed by atoms with Gasteiger partial charge >= 0.3 is 241 Å². The first-order valence-corrected chi connectivity index (χ1v) is 11.0. The van der Waals surface area contributed by atoms with Crippen molar-refractivity contribution in [2.45, 2.75) is 0 Å². The van der Waals surface area contributed by atoms with E-state index in [9.17, 15) is 0 Å². The molecule has 0 N–H and O–H groups in total. The van der Waals surface area contributed by atoms with Crippen molar-refractivity contribution in [1.82, 2.24) is 0 Å². The zero-order chi connectivity index (χ0) is 18.0. The average molecular weight is 831 g/mol. The van der Waals surface area contributed by atoms with Crippen LogP contribution in [0.25, 0.3) is 0 Å². The number of hydrogen-bond donors (Lipinski definition) is 0. The zero-order valence-electron chi connectivity index (χ0n) is 9.95. The third kappa shape index (κ3) is 851. The smallest absolute Gasteiger partial charge is 2.00 e. The molecule has 129 valence electrons. The van der Waals surface area contributed by atoms with Gasteiger partial charge in [0.15, 0.2) is 0 Å². The normalized spacial score (nSPS) is 10.1. The van der Waals surface area contributed by atoms with Crippen molar-refractivity contribution >= 4 is 45.5 Å². The molecular formula is CeCr4LaO16Sr. The van der Waals surface area contributed by atoms with Gasteiger partial charge in [-0.25, -0.2) is 0 Å². The van der Waals surface area contributed by atoms with E-state index < -0.39 is 54.5 Å². The van der Waals surface area contributed by atoms with Crippen molar-refractivity contribution in [2.75, 3.05) is 0 Å². The van der Waals surface area contributed by atoms with Crippen LogP contribution in [0.2, 0.25) is 0 Å². The first-order valence-electron chi connectivity index (χ1n) is 2.67. The van der Waals surface area contributed by atoms with Gasteiger partial charge in [0.1, 0.15) is 0 Å². The summed E-state index contributed by atoms with van der Waals surface area (Å²) < 4.78 is 138. The van der Waals surface area contributed by atoms with E-state index in [1.54, 1.807) is 0 Å². The minimum atomic E-state index is -5.75. The van der Waals surface area contributed by atoms with Crippen LogP contribution in [-0.2, 0) is 84.9 Å². The largest absolute Gasteiger partial charge is 2.00 e. The molecule has 0 saturated heterocycles. The number of rotatable bonds is 0. The van der Waals surface area contributed by atoms with Gasteiger partial charge in [0.2, 0.25) is 0 Å². The quantitative estimate of drug-likeness (QED) is 0.205. The first-order chi connectivity index (χ1) is 8.00. The van der Waals surface area contributed by atoms with E-state index in [1.165, 1.54) is 0 Å². The Labute approximate surface area is 235 Å². The van der Waals surface area contributed by atoms with E-state index in [1.807, 2.05) is 0 Å². The van der Waals surface area contributed by atoms with Crippen LogP contribution in [0.3, 0.4) is 0 Å². The molecule has 0 aliphatic carbocycles. The van der Waals surface area contributed by atoms with E-state index in [0.29, 0.717) is 0 Å². The molecule has 0 bridgehead atoms. The summed E-state index contributed by atoms with van der Waals surface area (Å²) in [6.07, 6.45) is 0. The average Bonchev–Trinajstić information content (AvgIpc) is 1.62. The molecular weight excluding hydrogens is 831 g/mol. The number of hydrogen-bond acceptors (Lipinski definition) is 16. The van der Waals surface area contributed by atoms with Gasteiger partial charge in [-0.3, -0.25) is 0 Å². The Morgan fingerprint density at radius 2 is 0.391 bits per heavy atom. The van der Waals surface area contributed by atoms with Crippen LogP contribution in [0.5, 0.6) is 0 Å². The van der Waals surface area contributed by atoms with Crippen molar-refractivity contribution in [2.24, 2.45) is 0 Å². The van der Waals surface area contributed by atoms with Crippen molar-refractivity contribution in [3.05, 3.63) is 0 Å². The van der Waals surface area contributed by atoms with Crippen molar-refractivity contribution < 1.29 is 195 Å². The monoisotopic (exact) mass is 830 g/mol. The molecule has 0 spiro atoms. The van der Waals surface area contributed by atoms with Crippen LogP contribution < -0.4 is 33.3 Å². The third-order valence-corrected chi connectivity index (χ3v) is 0. The van der Waals surface area contributed by atoms with E-state index in [4.69, 9.17) is 63.7 Å². The third-order valence-electron chi connectivity index (χ3n) is 0. The molecule has 0 heterocycles. The Bertz CT molecular complexity index is 485. The zero-order valence-corrected chi connectivity index (χ0v) is 25.3. The molecule has 0 fully saturated rings. The molecule has 0 saturated carbocycles. The van der Waals surface area contributed by atoms with E-state index in [0.717, 1.165) is 0 Å². The molecule has 16 nitrogen and oxygen atoms in total. The van der Waals surface area contributed by atoms with Gasteiger partial charge in [0, 0.05) is 0 Å². The maximum absolute atomic E-state index is 8.59. The van der Waals surface area contributed by atoms with Crippen molar-refractivity contribution in [3.63, 3.8) is 0 Å². The van der Waals surface area contributed by atoms with Crippen LogP contribution in [0, 0.1) is 77.3 Å². The van der Waals surface area contributed by atoms with Gasteiger partial charge in [0.05, 0.1) is 0 Å². The predicted octanol–water partition coefficient (Wildman–Crippen LogP) is -10.9. The van der Waals surface area contributed by atoms with Crippen LogP contribution in [-0.4, -0.2) is 45.5 Å². The van der Waals surface area contributed by atoms with Gasteiger partial charge in [-0.1, -0.05) is 0 Å². The molecule has 0 aromatic heterocycles. The minimum absolute atomic E-state index is 0. The van der Waals surface area contributed by atoms with Gasteiger partial charge in [-0.05, 0) is 0 Å². The van der Waals surface area contributed by atoms with Gasteiger partial charge in [-0.2, -0.15) is 0 Å². The maximum Gasteiger partial charge on any atom is 2.00 e. The maximum atomic E-state index is 8.59. The van der Waals surface area contributed by atoms with Gasteiger partial charge < -0.3 is 0 Å². The molecule has 0 atom stereocenters. The summed E-state index contributed by atoms with van der Waals surface area (Å²) in [7, 11) is 0. The molecule has 0 unspecified atom stereocenters. The summed E-state index contributed by atoms with van der Waals surface area (Å²) in [6, 6.07) is 0. The fourth-order valence-electron chi connectivity index (χ4n) is 0. The molecule has 23 heavy (non-hydrogen) atoms. The fraction of sp³-hybridized carbons (Fsp3) is 0. The molecule has 0 aromatic carbocycles. The second-order valence-electron chi connectivity index (χ2n) is 1.63. The second kappa shape index (κ2) is 21.0. The second-order valence-corrected chi connectivity index (χ2v) is 6.73. The van der Waals surface area contributed by atoms with Crippen molar-refractivity contribution in [1.29, 1.82) is 0 Å². The summed E-state index contributed by atoms with van der Waals surface area (Å²) in [5, 5.41) is 0. The minimum Gasteiger partial charge on any atom is 2.00 e. The Balaban J connectivity index is -0.0000000284. The molecule has 23 heteroatoms. The predicted molar refractivity (Wildman–Crippen MR) is 11.2 cm³/mol. The fourth-order valence-corrected chi connectivity index (χ4v) is 0. The molecule has 1 radical (unpaired) electrons. The van der Waals surface area contributed by atoms with Crippen LogP contribution in [0.15, 0.2) is 0 Å². The SMILES string of the molecule is [Ce+3].[La+3].[O]=[Cr](=[O])([O-])[O-].[O]=[Cr](=[O])([O-])[O-].[O]=[Cr](=[O])([O-])[O-].[O]=[Cr](=[O])([O-])[O-].[Sr+2]. The standard InChI is InChI=1S/Ce.4Cr.La.16O.Sr/q+3;;;;;+3;;;;;;;;;8*-1;+2. The first kappa shape index (κ1) is 45.8. The van der Waals surface area contributed by atoms with Crippen LogP contribution >= 0.6 is 0 Å². The summed E-state index contributed by atoms with van der Waals surface area (Å²) >= 11 is -23.0. The van der Waals surface area contributed by atoms with Crippen LogP contribution in [0.1, 0.15) is 0 Å². The van der Waals surface area contributed by atoms with Gasteiger partial charge in [-0.15, -0.1) is 0 Å². The Kier molecular flexibility index (Phi) is 41.8. The molecule has 0 aliphatic heterocycles. The molecule has 0 aliphatic rings. The van der Waals surface area contributed by atoms with Crippen molar-refractivity contribution in [3.8, 4) is 0 Å². The van der Waals surface area contributed by atoms with E-state index in [-0.39, 0.29) is 123 Å². The molecule has 0 amide bonds. The Morgan fingerprint density at radius 3 is 0.391 bits per heavy atom. The summed E-state index contributed by atoms with van der Waals surface area (Å²) in [5.74, 6) is 0. The topological polar surface area (TPSA) is 321 Å². The van der Waals surface area contributed by atoms with E-state index >= 15 is 0 Å². The molecule has 0 rings (SSSR count).